The second-order valence-electron chi connectivity index (χ2n) is 6.57. The van der Waals surface area contributed by atoms with Gasteiger partial charge in [-0.25, -0.2) is 9.67 Å². The molecule has 0 saturated carbocycles. The van der Waals surface area contributed by atoms with Crippen LogP contribution in [0, 0.1) is 13.8 Å². The van der Waals surface area contributed by atoms with Gasteiger partial charge in [0, 0.05) is 48.9 Å². The first kappa shape index (κ1) is 23.3. The van der Waals surface area contributed by atoms with E-state index in [1.54, 1.807) is 18.4 Å². The summed E-state index contributed by atoms with van der Waals surface area (Å²) in [4.78, 5) is 10.1. The maximum Gasteiger partial charge on any atom is 0.191 e. The molecular weight excluding hydrogens is 495 g/mol. The number of benzene rings is 1. The second kappa shape index (κ2) is 11.3. The molecule has 0 aliphatic carbocycles. The maximum absolute atomic E-state index is 4.71. The molecule has 2 aromatic heterocycles. The van der Waals surface area contributed by atoms with Gasteiger partial charge in [0.15, 0.2) is 5.96 Å². The van der Waals surface area contributed by atoms with Crippen molar-refractivity contribution in [2.24, 2.45) is 4.99 Å². The number of thiazole rings is 1. The zero-order chi connectivity index (χ0) is 19.9. The van der Waals surface area contributed by atoms with Crippen LogP contribution in [0.1, 0.15) is 33.8 Å². The SMILES string of the molecule is CCc1cnc(CCNC(=NC)NCc2c(C)nn(-c3ccccc3)c2C)s1.I. The fourth-order valence-corrected chi connectivity index (χ4v) is 3.92. The van der Waals surface area contributed by atoms with Gasteiger partial charge in [-0.15, -0.1) is 35.3 Å². The molecule has 6 nitrogen and oxygen atoms in total. The smallest absolute Gasteiger partial charge is 0.191 e. The van der Waals surface area contributed by atoms with Crippen molar-refractivity contribution in [2.75, 3.05) is 13.6 Å². The summed E-state index contributed by atoms with van der Waals surface area (Å²) in [7, 11) is 1.79. The van der Waals surface area contributed by atoms with Crippen LogP contribution < -0.4 is 10.6 Å². The Labute approximate surface area is 193 Å². The Hall–Kier alpha value is -1.94. The molecule has 2 N–H and O–H groups in total. The van der Waals surface area contributed by atoms with Gasteiger partial charge in [0.1, 0.15) is 0 Å². The zero-order valence-electron chi connectivity index (χ0n) is 17.4. The molecule has 0 spiro atoms. The Morgan fingerprint density at radius 1 is 1.17 bits per heavy atom. The van der Waals surface area contributed by atoms with E-state index in [1.807, 2.05) is 36.0 Å². The lowest BCUT2D eigenvalue weighted by atomic mass is 10.2. The highest BCUT2D eigenvalue weighted by Gasteiger charge is 2.13. The molecule has 0 fully saturated rings. The molecule has 8 heteroatoms. The van der Waals surface area contributed by atoms with Gasteiger partial charge >= 0.3 is 0 Å². The van der Waals surface area contributed by atoms with Gasteiger partial charge in [-0.3, -0.25) is 4.99 Å². The van der Waals surface area contributed by atoms with Crippen molar-refractivity contribution >= 4 is 41.3 Å². The summed E-state index contributed by atoms with van der Waals surface area (Å²) in [5.41, 5.74) is 4.44. The van der Waals surface area contributed by atoms with E-state index < -0.39 is 0 Å². The molecule has 0 unspecified atom stereocenters. The van der Waals surface area contributed by atoms with Crippen LogP contribution in [-0.2, 0) is 19.4 Å². The van der Waals surface area contributed by atoms with Crippen molar-refractivity contribution < 1.29 is 0 Å². The molecule has 1 aromatic carbocycles. The summed E-state index contributed by atoms with van der Waals surface area (Å²) >= 11 is 1.78. The van der Waals surface area contributed by atoms with Gasteiger partial charge in [0.2, 0.25) is 0 Å². The fraction of sp³-hybridized carbons (Fsp3) is 0.381. The topological polar surface area (TPSA) is 67.1 Å². The van der Waals surface area contributed by atoms with E-state index in [-0.39, 0.29) is 24.0 Å². The van der Waals surface area contributed by atoms with Crippen molar-refractivity contribution in [1.82, 2.24) is 25.4 Å². The molecule has 2 heterocycles. The molecule has 0 radical (unpaired) electrons. The Bertz CT molecular complexity index is 932. The highest BCUT2D eigenvalue weighted by molar-refractivity contribution is 14.0. The molecule has 0 bridgehead atoms. The minimum absolute atomic E-state index is 0. The first-order chi connectivity index (χ1) is 13.6. The van der Waals surface area contributed by atoms with Gasteiger partial charge < -0.3 is 10.6 Å². The number of nitrogens with zero attached hydrogens (tertiary/aromatic N) is 4. The van der Waals surface area contributed by atoms with Crippen LogP contribution in [0.4, 0.5) is 0 Å². The van der Waals surface area contributed by atoms with E-state index in [9.17, 15) is 0 Å². The Morgan fingerprint density at radius 3 is 2.59 bits per heavy atom. The second-order valence-corrected chi connectivity index (χ2v) is 7.77. The molecule has 3 aromatic rings. The van der Waals surface area contributed by atoms with E-state index in [1.165, 1.54) is 10.4 Å². The molecular formula is C21H29IN6S. The van der Waals surface area contributed by atoms with Crippen LogP contribution >= 0.6 is 35.3 Å². The van der Waals surface area contributed by atoms with Gasteiger partial charge in [0.05, 0.1) is 16.4 Å². The fourth-order valence-electron chi connectivity index (χ4n) is 3.06. The Balaban J connectivity index is 0.00000300. The highest BCUT2D eigenvalue weighted by atomic mass is 127. The van der Waals surface area contributed by atoms with Gasteiger partial charge in [-0.05, 0) is 32.4 Å². The van der Waals surface area contributed by atoms with Crippen LogP contribution in [0.25, 0.3) is 5.69 Å². The molecule has 3 rings (SSSR count). The number of nitrogens with one attached hydrogen (secondary N) is 2. The molecule has 0 amide bonds. The largest absolute Gasteiger partial charge is 0.356 e. The molecule has 156 valence electrons. The third-order valence-corrected chi connectivity index (χ3v) is 5.88. The quantitative estimate of drug-likeness (QED) is 0.278. The normalized spacial score (nSPS) is 11.2. The van der Waals surface area contributed by atoms with Crippen LogP contribution in [0.2, 0.25) is 0 Å². The summed E-state index contributed by atoms with van der Waals surface area (Å²) < 4.78 is 2.00. The number of guanidine groups is 1. The average molecular weight is 524 g/mol. The Kier molecular flexibility index (Phi) is 9.09. The maximum atomic E-state index is 4.71. The number of para-hydroxylation sites is 1. The number of hydrogen-bond acceptors (Lipinski definition) is 4. The molecule has 0 saturated heterocycles. The van der Waals surface area contributed by atoms with Crippen LogP contribution in [0.5, 0.6) is 0 Å². The lowest BCUT2D eigenvalue weighted by molar-refractivity contribution is 0.786. The summed E-state index contributed by atoms with van der Waals surface area (Å²) in [6.45, 7) is 7.80. The summed E-state index contributed by atoms with van der Waals surface area (Å²) in [5, 5.41) is 12.6. The van der Waals surface area contributed by atoms with Gasteiger partial charge in [0.25, 0.3) is 0 Å². The first-order valence-corrected chi connectivity index (χ1v) is 10.4. The van der Waals surface area contributed by atoms with Crippen molar-refractivity contribution in [3.05, 3.63) is 63.4 Å². The third kappa shape index (κ3) is 6.02. The number of aromatic nitrogens is 3. The highest BCUT2D eigenvalue weighted by Crippen LogP contribution is 2.17. The summed E-state index contributed by atoms with van der Waals surface area (Å²) in [6, 6.07) is 10.2. The standard InChI is InChI=1S/C21H28N6S.HI/c1-5-18-13-24-20(28-18)11-12-23-21(22-4)25-14-19-15(2)26-27(16(19)3)17-9-7-6-8-10-17;/h6-10,13H,5,11-12,14H2,1-4H3,(H2,22,23,25);1H. The minimum atomic E-state index is 0. The first-order valence-electron chi connectivity index (χ1n) is 9.61. The number of hydrogen-bond donors (Lipinski definition) is 2. The van der Waals surface area contributed by atoms with E-state index >= 15 is 0 Å². The van der Waals surface area contributed by atoms with E-state index in [0.29, 0.717) is 6.54 Å². The minimum Gasteiger partial charge on any atom is -0.356 e. The van der Waals surface area contributed by atoms with E-state index in [4.69, 9.17) is 5.10 Å². The molecule has 0 atom stereocenters. The monoisotopic (exact) mass is 524 g/mol. The molecule has 29 heavy (non-hydrogen) atoms. The van der Waals surface area contributed by atoms with Crippen LogP contribution in [0.15, 0.2) is 41.5 Å². The van der Waals surface area contributed by atoms with Crippen molar-refractivity contribution in [2.45, 2.75) is 40.2 Å². The van der Waals surface area contributed by atoms with Crippen molar-refractivity contribution in [1.29, 1.82) is 0 Å². The van der Waals surface area contributed by atoms with Crippen LogP contribution in [-0.4, -0.2) is 34.3 Å². The van der Waals surface area contributed by atoms with E-state index in [0.717, 1.165) is 47.4 Å². The predicted molar refractivity (Wildman–Crippen MR) is 132 cm³/mol. The van der Waals surface area contributed by atoms with Gasteiger partial charge in [-0.2, -0.15) is 5.10 Å². The molecule has 0 aliphatic heterocycles. The summed E-state index contributed by atoms with van der Waals surface area (Å²) in [5.74, 6) is 0.790. The number of halogens is 1. The van der Waals surface area contributed by atoms with Crippen LogP contribution in [0.3, 0.4) is 0 Å². The number of aryl methyl sites for hydroxylation is 2. The lowest BCUT2D eigenvalue weighted by Crippen LogP contribution is -2.38. The summed E-state index contributed by atoms with van der Waals surface area (Å²) in [6.07, 6.45) is 3.92. The Morgan fingerprint density at radius 2 is 1.93 bits per heavy atom. The van der Waals surface area contributed by atoms with Crippen molar-refractivity contribution in [3.8, 4) is 5.69 Å². The molecule has 0 aliphatic rings. The number of aliphatic imine (C=N–C) groups is 1. The number of rotatable bonds is 7. The lowest BCUT2D eigenvalue weighted by Gasteiger charge is -2.12. The zero-order valence-corrected chi connectivity index (χ0v) is 20.5. The third-order valence-electron chi connectivity index (χ3n) is 4.68. The van der Waals surface area contributed by atoms with Gasteiger partial charge in [-0.1, -0.05) is 25.1 Å². The predicted octanol–water partition coefficient (Wildman–Crippen LogP) is 4.03. The average Bonchev–Trinajstić information content (AvgIpc) is 3.29. The van der Waals surface area contributed by atoms with Crippen molar-refractivity contribution in [3.63, 3.8) is 0 Å². The van der Waals surface area contributed by atoms with E-state index in [2.05, 4.69) is 46.6 Å².